The molecule has 0 fully saturated rings. The number of hydrogen-bond donors (Lipinski definition) is 1. The van der Waals surface area contributed by atoms with Crippen LogP contribution >= 0.6 is 11.8 Å². The van der Waals surface area contributed by atoms with Crippen LogP contribution in [0.3, 0.4) is 0 Å². The number of benzene rings is 2. The Kier molecular flexibility index (Phi) is 7.82. The summed E-state index contributed by atoms with van der Waals surface area (Å²) < 4.78 is 15.3. The number of carbonyl (C=O) groups excluding carboxylic acids is 2. The normalized spacial score (nSPS) is 10.1. The van der Waals surface area contributed by atoms with E-state index in [1.165, 1.54) is 20.3 Å². The van der Waals surface area contributed by atoms with Crippen LogP contribution in [-0.4, -0.2) is 45.0 Å². The Balaban J connectivity index is 1.74. The molecule has 0 unspecified atom stereocenters. The summed E-state index contributed by atoms with van der Waals surface area (Å²) >= 11 is 1.64. The smallest absolute Gasteiger partial charge is 0.342 e. The summed E-state index contributed by atoms with van der Waals surface area (Å²) in [5.74, 6) is 0.648. The van der Waals surface area contributed by atoms with E-state index in [9.17, 15) is 9.59 Å². The van der Waals surface area contributed by atoms with Crippen molar-refractivity contribution in [3.05, 3.63) is 54.1 Å². The molecule has 0 aliphatic rings. The third-order valence-electron chi connectivity index (χ3n) is 3.40. The van der Waals surface area contributed by atoms with Crippen LogP contribution in [0.5, 0.6) is 11.5 Å². The molecule has 0 radical (unpaired) electrons. The zero-order chi connectivity index (χ0) is 18.8. The number of nitrogens with one attached hydrogen (secondary N) is 1. The van der Waals surface area contributed by atoms with Gasteiger partial charge >= 0.3 is 5.97 Å². The van der Waals surface area contributed by atoms with E-state index < -0.39 is 5.97 Å². The highest BCUT2D eigenvalue weighted by Gasteiger charge is 2.16. The van der Waals surface area contributed by atoms with Crippen LogP contribution in [0.4, 0.5) is 0 Å². The van der Waals surface area contributed by atoms with Crippen molar-refractivity contribution in [1.82, 2.24) is 5.32 Å². The van der Waals surface area contributed by atoms with Crippen molar-refractivity contribution in [2.45, 2.75) is 4.90 Å². The van der Waals surface area contributed by atoms with Crippen LogP contribution in [0.1, 0.15) is 10.4 Å². The summed E-state index contributed by atoms with van der Waals surface area (Å²) in [6.07, 6.45) is 0. The fraction of sp³-hybridized carbons (Fsp3) is 0.263. The van der Waals surface area contributed by atoms with Gasteiger partial charge < -0.3 is 19.5 Å². The molecule has 0 heterocycles. The first-order chi connectivity index (χ1) is 12.6. The molecule has 138 valence electrons. The summed E-state index contributed by atoms with van der Waals surface area (Å²) in [4.78, 5) is 25.1. The van der Waals surface area contributed by atoms with Crippen LogP contribution in [0.25, 0.3) is 0 Å². The molecule has 1 N–H and O–H groups in total. The predicted octanol–water partition coefficient (Wildman–Crippen LogP) is 2.77. The van der Waals surface area contributed by atoms with Gasteiger partial charge in [-0.3, -0.25) is 4.79 Å². The van der Waals surface area contributed by atoms with E-state index in [1.54, 1.807) is 23.9 Å². The van der Waals surface area contributed by atoms with E-state index >= 15 is 0 Å². The van der Waals surface area contributed by atoms with E-state index in [2.05, 4.69) is 5.32 Å². The number of carbonyl (C=O) groups is 2. The molecule has 2 aromatic carbocycles. The minimum atomic E-state index is -0.627. The average Bonchev–Trinajstić information content (AvgIpc) is 2.69. The molecule has 26 heavy (non-hydrogen) atoms. The number of methoxy groups -OCH3 is 2. The van der Waals surface area contributed by atoms with Crippen LogP contribution in [0.2, 0.25) is 0 Å². The second-order valence-corrected chi connectivity index (χ2v) is 6.32. The molecule has 6 nitrogen and oxygen atoms in total. The fourth-order valence-corrected chi connectivity index (χ4v) is 2.89. The molecule has 0 saturated carbocycles. The van der Waals surface area contributed by atoms with Crippen LogP contribution < -0.4 is 14.8 Å². The topological polar surface area (TPSA) is 73.9 Å². The number of ether oxygens (including phenoxy) is 3. The zero-order valence-corrected chi connectivity index (χ0v) is 15.5. The highest BCUT2D eigenvalue weighted by Crippen LogP contribution is 2.25. The molecule has 0 bridgehead atoms. The fourth-order valence-electron chi connectivity index (χ4n) is 2.10. The lowest BCUT2D eigenvalue weighted by molar-refractivity contribution is -0.124. The first-order valence-electron chi connectivity index (χ1n) is 7.97. The minimum Gasteiger partial charge on any atom is -0.497 e. The Labute approximate surface area is 156 Å². The number of thioether (sulfide) groups is 1. The molecule has 0 saturated heterocycles. The standard InChI is InChI=1S/C19H21NO5S/c1-23-14-8-9-16(17(12-14)24-2)19(22)25-13-18(21)20-10-11-26-15-6-4-3-5-7-15/h3-9,12H,10-11,13H2,1-2H3,(H,20,21). The second-order valence-electron chi connectivity index (χ2n) is 5.15. The summed E-state index contributed by atoms with van der Waals surface area (Å²) in [5, 5.41) is 2.72. The van der Waals surface area contributed by atoms with E-state index in [0.29, 0.717) is 18.0 Å². The molecule has 0 aliphatic carbocycles. The highest BCUT2D eigenvalue weighted by atomic mass is 32.2. The number of amides is 1. The Morgan fingerprint density at radius 1 is 1.04 bits per heavy atom. The van der Waals surface area contributed by atoms with Gasteiger partial charge in [0.15, 0.2) is 6.61 Å². The van der Waals surface area contributed by atoms with E-state index in [1.807, 2.05) is 30.3 Å². The molecule has 2 rings (SSSR count). The number of hydrogen-bond acceptors (Lipinski definition) is 6. The van der Waals surface area contributed by atoms with Gasteiger partial charge in [-0.2, -0.15) is 0 Å². The summed E-state index contributed by atoms with van der Waals surface area (Å²) in [6.45, 7) is 0.145. The van der Waals surface area contributed by atoms with Gasteiger partial charge in [-0.25, -0.2) is 4.79 Å². The lowest BCUT2D eigenvalue weighted by Crippen LogP contribution is -2.30. The average molecular weight is 375 g/mol. The SMILES string of the molecule is COc1ccc(C(=O)OCC(=O)NCCSc2ccccc2)c(OC)c1. The summed E-state index contributed by atoms with van der Waals surface area (Å²) in [5.41, 5.74) is 0.237. The molecular formula is C19H21NO5S. The maximum Gasteiger partial charge on any atom is 0.342 e. The van der Waals surface area contributed by atoms with Gasteiger partial charge in [0.05, 0.1) is 14.2 Å². The molecule has 0 spiro atoms. The zero-order valence-electron chi connectivity index (χ0n) is 14.7. The molecule has 0 aliphatic heterocycles. The lowest BCUT2D eigenvalue weighted by atomic mass is 10.2. The van der Waals surface area contributed by atoms with Gasteiger partial charge in [0.1, 0.15) is 17.1 Å². The Hall–Kier alpha value is -2.67. The van der Waals surface area contributed by atoms with E-state index in [0.717, 1.165) is 10.6 Å². The third kappa shape index (κ3) is 6.00. The minimum absolute atomic E-state index is 0.237. The monoisotopic (exact) mass is 375 g/mol. The van der Waals surface area contributed by atoms with Crippen LogP contribution in [0, 0.1) is 0 Å². The third-order valence-corrected chi connectivity index (χ3v) is 4.41. The maximum atomic E-state index is 12.1. The summed E-state index contributed by atoms with van der Waals surface area (Å²) in [7, 11) is 2.97. The molecule has 1 amide bonds. The van der Waals surface area contributed by atoms with Crippen molar-refractivity contribution in [3.63, 3.8) is 0 Å². The van der Waals surface area contributed by atoms with Crippen molar-refractivity contribution in [2.24, 2.45) is 0 Å². The van der Waals surface area contributed by atoms with Gasteiger partial charge in [-0.15, -0.1) is 11.8 Å². The maximum absolute atomic E-state index is 12.1. The molecule has 2 aromatic rings. The van der Waals surface area contributed by atoms with Crippen LogP contribution in [0.15, 0.2) is 53.4 Å². The molecule has 0 atom stereocenters. The second kappa shape index (κ2) is 10.4. The quantitative estimate of drug-likeness (QED) is 0.413. The first-order valence-corrected chi connectivity index (χ1v) is 8.96. The van der Waals surface area contributed by atoms with Gasteiger partial charge in [0.25, 0.3) is 5.91 Å². The van der Waals surface area contributed by atoms with E-state index in [4.69, 9.17) is 14.2 Å². The predicted molar refractivity (Wildman–Crippen MR) is 100 cm³/mol. The molecule has 0 aromatic heterocycles. The van der Waals surface area contributed by atoms with Crippen molar-refractivity contribution in [2.75, 3.05) is 33.1 Å². The largest absolute Gasteiger partial charge is 0.497 e. The van der Waals surface area contributed by atoms with Crippen LogP contribution in [-0.2, 0) is 9.53 Å². The van der Waals surface area contributed by atoms with E-state index in [-0.39, 0.29) is 18.1 Å². The van der Waals surface area contributed by atoms with Crippen molar-refractivity contribution in [1.29, 1.82) is 0 Å². The Morgan fingerprint density at radius 2 is 1.81 bits per heavy atom. The van der Waals surface area contributed by atoms with Gasteiger partial charge in [-0.05, 0) is 24.3 Å². The first kappa shape index (κ1) is 19.7. The molecule has 7 heteroatoms. The highest BCUT2D eigenvalue weighted by molar-refractivity contribution is 7.99. The number of esters is 1. The lowest BCUT2D eigenvalue weighted by Gasteiger charge is -2.10. The van der Waals surface area contributed by atoms with Gasteiger partial charge in [-0.1, -0.05) is 18.2 Å². The van der Waals surface area contributed by atoms with Gasteiger partial charge in [0, 0.05) is 23.3 Å². The van der Waals surface area contributed by atoms with Crippen molar-refractivity contribution < 1.29 is 23.8 Å². The Morgan fingerprint density at radius 3 is 2.50 bits per heavy atom. The van der Waals surface area contributed by atoms with Crippen molar-refractivity contribution in [3.8, 4) is 11.5 Å². The summed E-state index contributed by atoms with van der Waals surface area (Å²) in [6, 6.07) is 14.7. The number of rotatable bonds is 9. The van der Waals surface area contributed by atoms with Gasteiger partial charge in [0.2, 0.25) is 0 Å². The Bertz CT molecular complexity index is 736. The van der Waals surface area contributed by atoms with Crippen molar-refractivity contribution >= 4 is 23.6 Å². The molecular weight excluding hydrogens is 354 g/mol.